The number of hydrogen-bond acceptors (Lipinski definition) is 0. The fourth-order valence-electron chi connectivity index (χ4n) is 1.23. The standard InChI is InChI=1S/C8H13Cl/c1-2-7-3-5-8(9)6-4-7/h5,7H,2-4,6H2,1H3/t7-/m0/s1. The third kappa shape index (κ3) is 2.02. The van der Waals surface area contributed by atoms with Crippen LogP contribution in [0.3, 0.4) is 0 Å². The van der Waals surface area contributed by atoms with Gasteiger partial charge in [0, 0.05) is 5.03 Å². The molecule has 1 heteroatoms. The molecule has 1 aliphatic carbocycles. The van der Waals surface area contributed by atoms with Crippen molar-refractivity contribution in [3.05, 3.63) is 11.1 Å². The molecular weight excluding hydrogens is 132 g/mol. The molecule has 0 radical (unpaired) electrons. The van der Waals surface area contributed by atoms with Crippen LogP contribution in [-0.2, 0) is 0 Å². The first kappa shape index (κ1) is 7.14. The zero-order valence-electron chi connectivity index (χ0n) is 5.86. The van der Waals surface area contributed by atoms with E-state index in [1.807, 2.05) is 0 Å². The van der Waals surface area contributed by atoms with E-state index in [0.29, 0.717) is 0 Å². The minimum absolute atomic E-state index is 0.910. The molecule has 1 aliphatic rings. The Kier molecular flexibility index (Phi) is 2.59. The van der Waals surface area contributed by atoms with Gasteiger partial charge in [-0.25, -0.2) is 0 Å². The van der Waals surface area contributed by atoms with E-state index in [0.717, 1.165) is 17.4 Å². The van der Waals surface area contributed by atoms with Gasteiger partial charge in [-0.05, 0) is 25.2 Å². The molecule has 1 rings (SSSR count). The summed E-state index contributed by atoms with van der Waals surface area (Å²) < 4.78 is 0. The van der Waals surface area contributed by atoms with Gasteiger partial charge in [0.1, 0.15) is 0 Å². The Morgan fingerprint density at radius 3 is 3.00 bits per heavy atom. The molecule has 0 aromatic carbocycles. The average Bonchev–Trinajstić information content (AvgIpc) is 1.90. The topological polar surface area (TPSA) is 0 Å². The Hall–Kier alpha value is 0.0300. The predicted molar refractivity (Wildman–Crippen MR) is 41.6 cm³/mol. The maximum absolute atomic E-state index is 5.80. The first-order valence-electron chi connectivity index (χ1n) is 3.67. The van der Waals surface area contributed by atoms with Crippen LogP contribution in [0.5, 0.6) is 0 Å². The summed E-state index contributed by atoms with van der Waals surface area (Å²) in [4.78, 5) is 0. The van der Waals surface area contributed by atoms with Crippen molar-refractivity contribution in [3.8, 4) is 0 Å². The zero-order valence-corrected chi connectivity index (χ0v) is 6.62. The van der Waals surface area contributed by atoms with Gasteiger partial charge in [-0.1, -0.05) is 31.0 Å². The molecule has 0 heterocycles. The number of hydrogen-bond donors (Lipinski definition) is 0. The predicted octanol–water partition coefficient (Wildman–Crippen LogP) is 3.32. The first-order chi connectivity index (χ1) is 4.33. The smallest absolute Gasteiger partial charge is 0.0141 e. The molecule has 0 fully saturated rings. The molecule has 52 valence electrons. The van der Waals surface area contributed by atoms with Crippen molar-refractivity contribution >= 4 is 11.6 Å². The molecule has 9 heavy (non-hydrogen) atoms. The van der Waals surface area contributed by atoms with Crippen molar-refractivity contribution < 1.29 is 0 Å². The zero-order chi connectivity index (χ0) is 6.69. The largest absolute Gasteiger partial charge is 0.0895 e. The molecule has 0 spiro atoms. The summed E-state index contributed by atoms with van der Waals surface area (Å²) >= 11 is 5.80. The summed E-state index contributed by atoms with van der Waals surface area (Å²) in [6, 6.07) is 0. The summed E-state index contributed by atoms with van der Waals surface area (Å²) in [6.45, 7) is 2.25. The van der Waals surface area contributed by atoms with E-state index >= 15 is 0 Å². The van der Waals surface area contributed by atoms with Crippen molar-refractivity contribution in [2.75, 3.05) is 0 Å². The lowest BCUT2D eigenvalue weighted by atomic mass is 9.92. The van der Waals surface area contributed by atoms with Gasteiger partial charge in [-0.15, -0.1) is 0 Å². The Morgan fingerprint density at radius 1 is 1.78 bits per heavy atom. The van der Waals surface area contributed by atoms with Crippen molar-refractivity contribution in [1.29, 1.82) is 0 Å². The molecule has 0 saturated heterocycles. The van der Waals surface area contributed by atoms with Gasteiger partial charge in [0.2, 0.25) is 0 Å². The monoisotopic (exact) mass is 144 g/mol. The summed E-state index contributed by atoms with van der Waals surface area (Å²) in [5.41, 5.74) is 0. The summed E-state index contributed by atoms with van der Waals surface area (Å²) in [5.74, 6) is 0.910. The minimum atomic E-state index is 0.910. The van der Waals surface area contributed by atoms with Crippen molar-refractivity contribution in [1.82, 2.24) is 0 Å². The van der Waals surface area contributed by atoms with Crippen LogP contribution in [0.4, 0.5) is 0 Å². The molecule has 1 atom stereocenters. The number of halogens is 1. The molecule has 0 aromatic rings. The quantitative estimate of drug-likeness (QED) is 0.530. The normalized spacial score (nSPS) is 27.8. The Labute approximate surface area is 61.9 Å². The van der Waals surface area contributed by atoms with Crippen molar-refractivity contribution in [2.45, 2.75) is 32.6 Å². The van der Waals surface area contributed by atoms with E-state index in [1.54, 1.807) is 0 Å². The summed E-state index contributed by atoms with van der Waals surface area (Å²) in [7, 11) is 0. The Balaban J connectivity index is 2.36. The van der Waals surface area contributed by atoms with E-state index in [-0.39, 0.29) is 0 Å². The highest BCUT2D eigenvalue weighted by Crippen LogP contribution is 2.27. The number of allylic oxidation sites excluding steroid dienone is 2. The highest BCUT2D eigenvalue weighted by Gasteiger charge is 2.10. The summed E-state index contributed by atoms with van der Waals surface area (Å²) in [5, 5.41) is 1.07. The fraction of sp³-hybridized carbons (Fsp3) is 0.750. The van der Waals surface area contributed by atoms with Crippen LogP contribution in [0.15, 0.2) is 11.1 Å². The Morgan fingerprint density at radius 2 is 2.56 bits per heavy atom. The van der Waals surface area contributed by atoms with E-state index in [1.165, 1.54) is 19.3 Å². The second-order valence-electron chi connectivity index (χ2n) is 2.70. The average molecular weight is 145 g/mol. The van der Waals surface area contributed by atoms with E-state index in [4.69, 9.17) is 11.6 Å². The van der Waals surface area contributed by atoms with Gasteiger partial charge >= 0.3 is 0 Å². The van der Waals surface area contributed by atoms with Crippen molar-refractivity contribution in [3.63, 3.8) is 0 Å². The molecule has 0 unspecified atom stereocenters. The van der Waals surface area contributed by atoms with Crippen molar-refractivity contribution in [2.24, 2.45) is 5.92 Å². The lowest BCUT2D eigenvalue weighted by Crippen LogP contribution is -2.01. The van der Waals surface area contributed by atoms with Crippen LogP contribution in [0, 0.1) is 5.92 Å². The van der Waals surface area contributed by atoms with Crippen LogP contribution in [0.25, 0.3) is 0 Å². The van der Waals surface area contributed by atoms with Crippen LogP contribution in [0.2, 0.25) is 0 Å². The molecule has 0 nitrogen and oxygen atoms in total. The van der Waals surface area contributed by atoms with Gasteiger partial charge in [-0.3, -0.25) is 0 Å². The van der Waals surface area contributed by atoms with Crippen LogP contribution in [0.1, 0.15) is 32.6 Å². The maximum atomic E-state index is 5.80. The molecule has 0 bridgehead atoms. The van der Waals surface area contributed by atoms with Crippen LogP contribution in [-0.4, -0.2) is 0 Å². The molecule has 0 N–H and O–H groups in total. The fourth-order valence-corrected chi connectivity index (χ4v) is 1.43. The maximum Gasteiger partial charge on any atom is 0.0141 e. The third-order valence-corrected chi connectivity index (χ3v) is 2.38. The molecule has 0 amide bonds. The first-order valence-corrected chi connectivity index (χ1v) is 4.05. The SMILES string of the molecule is CC[C@H]1CC=C(Cl)CC1. The third-order valence-electron chi connectivity index (χ3n) is 2.04. The van der Waals surface area contributed by atoms with Gasteiger partial charge in [-0.2, -0.15) is 0 Å². The van der Waals surface area contributed by atoms with E-state index < -0.39 is 0 Å². The van der Waals surface area contributed by atoms with Gasteiger partial charge in [0.25, 0.3) is 0 Å². The van der Waals surface area contributed by atoms with Crippen LogP contribution >= 0.6 is 11.6 Å². The van der Waals surface area contributed by atoms with Crippen LogP contribution < -0.4 is 0 Å². The second kappa shape index (κ2) is 3.26. The molecular formula is C8H13Cl. The molecule has 0 aliphatic heterocycles. The highest BCUT2D eigenvalue weighted by atomic mass is 35.5. The second-order valence-corrected chi connectivity index (χ2v) is 3.19. The lowest BCUT2D eigenvalue weighted by Gasteiger charge is -2.16. The highest BCUT2D eigenvalue weighted by molar-refractivity contribution is 6.29. The Bertz CT molecular complexity index is 116. The summed E-state index contributed by atoms with van der Waals surface area (Å²) in [6.07, 6.45) is 7.08. The number of rotatable bonds is 1. The molecule has 0 aromatic heterocycles. The lowest BCUT2D eigenvalue weighted by molar-refractivity contribution is 0.462. The van der Waals surface area contributed by atoms with Gasteiger partial charge in [0.15, 0.2) is 0 Å². The van der Waals surface area contributed by atoms with Gasteiger partial charge in [0.05, 0.1) is 0 Å². The minimum Gasteiger partial charge on any atom is -0.0895 e. The van der Waals surface area contributed by atoms with Gasteiger partial charge < -0.3 is 0 Å². The van der Waals surface area contributed by atoms with E-state index in [9.17, 15) is 0 Å². The van der Waals surface area contributed by atoms with E-state index in [2.05, 4.69) is 13.0 Å². The molecule has 0 saturated carbocycles.